The topological polar surface area (TPSA) is 53.6 Å². The number of carbonyl (C=O) groups excluding carboxylic acids is 1. The number of rotatable bonds is 6. The maximum Gasteiger partial charge on any atom is 0.319 e. The summed E-state index contributed by atoms with van der Waals surface area (Å²) in [5, 5.41) is 5.87. The van der Waals surface area contributed by atoms with Crippen molar-refractivity contribution < 1.29 is 9.53 Å². The highest BCUT2D eigenvalue weighted by Gasteiger charge is 2.18. The van der Waals surface area contributed by atoms with Crippen molar-refractivity contribution in [2.24, 2.45) is 5.92 Å². The third-order valence-electron chi connectivity index (χ3n) is 4.07. The largest absolute Gasteiger partial charge is 0.494 e. The summed E-state index contributed by atoms with van der Waals surface area (Å²) in [5.41, 5.74) is 0.768. The Hall–Kier alpha value is -1.75. The molecule has 128 valence electrons. The number of hydrogen-bond donors (Lipinski definition) is 2. The molecular formula is C18H29N3O2. The van der Waals surface area contributed by atoms with Gasteiger partial charge in [0.25, 0.3) is 0 Å². The van der Waals surface area contributed by atoms with E-state index < -0.39 is 0 Å². The molecule has 2 amide bonds. The molecule has 1 aliphatic heterocycles. The zero-order chi connectivity index (χ0) is 16.7. The minimum atomic E-state index is -0.160. The average molecular weight is 319 g/mol. The van der Waals surface area contributed by atoms with Crippen LogP contribution in [0.2, 0.25) is 0 Å². The van der Waals surface area contributed by atoms with Crippen molar-refractivity contribution in [3.63, 3.8) is 0 Å². The summed E-state index contributed by atoms with van der Waals surface area (Å²) < 4.78 is 5.39. The van der Waals surface area contributed by atoms with E-state index in [1.54, 1.807) is 0 Å². The number of likely N-dealkylation sites (tertiary alicyclic amines) is 1. The molecule has 2 rings (SSSR count). The van der Waals surface area contributed by atoms with Crippen LogP contribution in [0.5, 0.6) is 5.75 Å². The number of anilines is 1. The standard InChI is InChI=1S/C18H29N3O2/c1-4-23-17-9-7-16(8-10-17)20-18(22)19-15(3)13-21-11-5-6-14(2)12-21/h7-10,14-15H,4-6,11-13H2,1-3H3,(H2,19,20,22). The Morgan fingerprint density at radius 3 is 2.78 bits per heavy atom. The van der Waals surface area contributed by atoms with E-state index in [2.05, 4.69) is 29.4 Å². The second-order valence-corrected chi connectivity index (χ2v) is 6.46. The van der Waals surface area contributed by atoms with Crippen LogP contribution in [0.15, 0.2) is 24.3 Å². The van der Waals surface area contributed by atoms with E-state index in [-0.39, 0.29) is 12.1 Å². The van der Waals surface area contributed by atoms with Crippen LogP contribution in [0, 0.1) is 5.92 Å². The summed E-state index contributed by atoms with van der Waals surface area (Å²) >= 11 is 0. The zero-order valence-corrected chi connectivity index (χ0v) is 14.5. The molecule has 5 heteroatoms. The van der Waals surface area contributed by atoms with Gasteiger partial charge in [0, 0.05) is 24.8 Å². The number of benzene rings is 1. The van der Waals surface area contributed by atoms with Crippen molar-refractivity contribution in [2.45, 2.75) is 39.7 Å². The van der Waals surface area contributed by atoms with Gasteiger partial charge in [-0.05, 0) is 63.4 Å². The molecular weight excluding hydrogens is 290 g/mol. The van der Waals surface area contributed by atoms with Gasteiger partial charge >= 0.3 is 6.03 Å². The van der Waals surface area contributed by atoms with Crippen LogP contribution in [-0.4, -0.2) is 43.2 Å². The first-order valence-electron chi connectivity index (χ1n) is 8.59. The van der Waals surface area contributed by atoms with E-state index in [1.807, 2.05) is 31.2 Å². The van der Waals surface area contributed by atoms with Gasteiger partial charge in [-0.1, -0.05) is 6.92 Å². The third-order valence-corrected chi connectivity index (χ3v) is 4.07. The molecule has 0 radical (unpaired) electrons. The summed E-state index contributed by atoms with van der Waals surface area (Å²) in [6.45, 7) is 10.1. The predicted molar refractivity (Wildman–Crippen MR) is 94.1 cm³/mol. The van der Waals surface area contributed by atoms with Gasteiger partial charge in [0.1, 0.15) is 5.75 Å². The Balaban J connectivity index is 1.74. The lowest BCUT2D eigenvalue weighted by Gasteiger charge is -2.32. The highest BCUT2D eigenvalue weighted by atomic mass is 16.5. The predicted octanol–water partition coefficient (Wildman–Crippen LogP) is 3.33. The summed E-state index contributed by atoms with van der Waals surface area (Å²) in [5.74, 6) is 1.57. The Morgan fingerprint density at radius 2 is 2.13 bits per heavy atom. The van der Waals surface area contributed by atoms with Crippen molar-refractivity contribution in [3.8, 4) is 5.75 Å². The smallest absolute Gasteiger partial charge is 0.319 e. The van der Waals surface area contributed by atoms with Crippen LogP contribution in [-0.2, 0) is 0 Å². The monoisotopic (exact) mass is 319 g/mol. The number of nitrogens with zero attached hydrogens (tertiary/aromatic N) is 1. The highest BCUT2D eigenvalue weighted by molar-refractivity contribution is 5.89. The molecule has 5 nitrogen and oxygen atoms in total. The van der Waals surface area contributed by atoms with Crippen molar-refractivity contribution >= 4 is 11.7 Å². The molecule has 1 fully saturated rings. The van der Waals surface area contributed by atoms with Gasteiger partial charge in [0.05, 0.1) is 6.61 Å². The van der Waals surface area contributed by atoms with Crippen molar-refractivity contribution in [1.29, 1.82) is 0 Å². The van der Waals surface area contributed by atoms with Gasteiger partial charge < -0.3 is 20.3 Å². The SMILES string of the molecule is CCOc1ccc(NC(=O)NC(C)CN2CCCC(C)C2)cc1. The molecule has 2 unspecified atom stereocenters. The maximum atomic E-state index is 12.1. The van der Waals surface area contributed by atoms with Gasteiger partial charge in [0.2, 0.25) is 0 Å². The number of piperidine rings is 1. The Bertz CT molecular complexity index is 490. The van der Waals surface area contributed by atoms with Crippen LogP contribution >= 0.6 is 0 Å². The molecule has 0 aliphatic carbocycles. The quantitative estimate of drug-likeness (QED) is 0.845. The first-order valence-corrected chi connectivity index (χ1v) is 8.59. The number of amides is 2. The number of nitrogens with one attached hydrogen (secondary N) is 2. The number of hydrogen-bond acceptors (Lipinski definition) is 3. The minimum Gasteiger partial charge on any atom is -0.494 e. The van der Waals surface area contributed by atoms with Crippen LogP contribution in [0.4, 0.5) is 10.5 Å². The molecule has 23 heavy (non-hydrogen) atoms. The molecule has 0 spiro atoms. The number of urea groups is 1. The van der Waals surface area contributed by atoms with Gasteiger partial charge in [-0.15, -0.1) is 0 Å². The molecule has 0 aromatic heterocycles. The summed E-state index contributed by atoms with van der Waals surface area (Å²) in [6.07, 6.45) is 2.57. The van der Waals surface area contributed by atoms with Gasteiger partial charge in [0.15, 0.2) is 0 Å². The first-order chi connectivity index (χ1) is 11.1. The fraction of sp³-hybridized carbons (Fsp3) is 0.611. The van der Waals surface area contributed by atoms with E-state index in [1.165, 1.54) is 12.8 Å². The molecule has 1 saturated heterocycles. The Labute approximate surface area is 139 Å². The fourth-order valence-electron chi connectivity index (χ4n) is 3.08. The molecule has 2 N–H and O–H groups in total. The van der Waals surface area contributed by atoms with E-state index in [9.17, 15) is 4.79 Å². The second kappa shape index (κ2) is 8.77. The molecule has 1 aromatic carbocycles. The normalized spacial score (nSPS) is 19.9. The van der Waals surface area contributed by atoms with Gasteiger partial charge in [-0.3, -0.25) is 0 Å². The van der Waals surface area contributed by atoms with Crippen molar-refractivity contribution in [2.75, 3.05) is 31.6 Å². The Morgan fingerprint density at radius 1 is 1.39 bits per heavy atom. The molecule has 1 aromatic rings. The van der Waals surface area contributed by atoms with Gasteiger partial charge in [-0.25, -0.2) is 4.79 Å². The second-order valence-electron chi connectivity index (χ2n) is 6.46. The third kappa shape index (κ3) is 6.10. The zero-order valence-electron chi connectivity index (χ0n) is 14.5. The Kier molecular flexibility index (Phi) is 6.71. The molecule has 0 bridgehead atoms. The lowest BCUT2D eigenvalue weighted by Crippen LogP contribution is -2.46. The molecule has 1 aliphatic rings. The summed E-state index contributed by atoms with van der Waals surface area (Å²) in [7, 11) is 0. The molecule has 0 saturated carbocycles. The van der Waals surface area contributed by atoms with Crippen LogP contribution < -0.4 is 15.4 Å². The van der Waals surface area contributed by atoms with Crippen LogP contribution in [0.25, 0.3) is 0 Å². The number of carbonyl (C=O) groups is 1. The lowest BCUT2D eigenvalue weighted by atomic mass is 10.00. The van der Waals surface area contributed by atoms with Crippen LogP contribution in [0.3, 0.4) is 0 Å². The maximum absolute atomic E-state index is 12.1. The van der Waals surface area contributed by atoms with Crippen molar-refractivity contribution in [3.05, 3.63) is 24.3 Å². The molecule has 1 heterocycles. The fourth-order valence-corrected chi connectivity index (χ4v) is 3.08. The number of ether oxygens (including phenoxy) is 1. The molecule has 2 atom stereocenters. The van der Waals surface area contributed by atoms with E-state index in [4.69, 9.17) is 4.74 Å². The minimum absolute atomic E-state index is 0.128. The summed E-state index contributed by atoms with van der Waals surface area (Å²) in [6, 6.07) is 7.38. The first kappa shape index (κ1) is 17.6. The van der Waals surface area contributed by atoms with Gasteiger partial charge in [-0.2, -0.15) is 0 Å². The van der Waals surface area contributed by atoms with E-state index in [0.29, 0.717) is 6.61 Å². The highest BCUT2D eigenvalue weighted by Crippen LogP contribution is 2.16. The van der Waals surface area contributed by atoms with E-state index in [0.717, 1.165) is 37.0 Å². The van der Waals surface area contributed by atoms with Crippen LogP contribution in [0.1, 0.15) is 33.6 Å². The lowest BCUT2D eigenvalue weighted by molar-refractivity contribution is 0.170. The van der Waals surface area contributed by atoms with E-state index >= 15 is 0 Å². The average Bonchev–Trinajstić information content (AvgIpc) is 2.49. The van der Waals surface area contributed by atoms with Crippen molar-refractivity contribution in [1.82, 2.24) is 10.2 Å². The summed E-state index contributed by atoms with van der Waals surface area (Å²) in [4.78, 5) is 14.5.